The molecule has 0 unspecified atom stereocenters. The predicted octanol–water partition coefficient (Wildman–Crippen LogP) is 3.79. The van der Waals surface area contributed by atoms with Crippen LogP contribution in [0.5, 0.6) is 5.75 Å². The molecule has 0 saturated carbocycles. The zero-order valence-electron chi connectivity index (χ0n) is 10.9. The molecule has 4 heteroatoms. The Balaban J connectivity index is 2.19. The minimum absolute atomic E-state index is 0.0906. The molecular weight excluding hydrogens is 242 g/mol. The highest BCUT2D eigenvalue weighted by Crippen LogP contribution is 2.24. The van der Waals surface area contributed by atoms with Crippen LogP contribution in [0.2, 0.25) is 0 Å². The number of nitrogens with zero attached hydrogens (tertiary/aromatic N) is 1. The zero-order chi connectivity index (χ0) is 13.8. The maximum Gasteiger partial charge on any atom is 0.276 e. The highest BCUT2D eigenvalue weighted by molar-refractivity contribution is 5.41. The van der Waals surface area contributed by atoms with Gasteiger partial charge in [-0.2, -0.15) is 0 Å². The van der Waals surface area contributed by atoms with E-state index in [1.54, 1.807) is 18.2 Å². The first-order chi connectivity index (χ1) is 9.09. The number of aryl methyl sites for hydroxylation is 1. The average Bonchev–Trinajstić information content (AvgIpc) is 2.40. The van der Waals surface area contributed by atoms with Crippen molar-refractivity contribution in [1.29, 1.82) is 0 Å². The van der Waals surface area contributed by atoms with Crippen LogP contribution in [-0.2, 0) is 6.61 Å². The van der Waals surface area contributed by atoms with E-state index in [9.17, 15) is 10.1 Å². The van der Waals surface area contributed by atoms with Gasteiger partial charge in [0.05, 0.1) is 10.5 Å². The van der Waals surface area contributed by atoms with Crippen LogP contribution in [0.1, 0.15) is 16.7 Å². The molecular formula is C15H15NO3. The van der Waals surface area contributed by atoms with Crippen LogP contribution in [0.3, 0.4) is 0 Å². The molecule has 0 radical (unpaired) electrons. The molecule has 0 aliphatic heterocycles. The lowest BCUT2D eigenvalue weighted by Crippen LogP contribution is -2.01. The van der Waals surface area contributed by atoms with Gasteiger partial charge in [-0.25, -0.2) is 0 Å². The molecule has 0 atom stereocenters. The Morgan fingerprint density at radius 2 is 1.84 bits per heavy atom. The van der Waals surface area contributed by atoms with Gasteiger partial charge in [0, 0.05) is 6.07 Å². The highest BCUT2D eigenvalue weighted by atomic mass is 16.6. The minimum atomic E-state index is -0.387. The van der Waals surface area contributed by atoms with Gasteiger partial charge < -0.3 is 4.74 Å². The second kappa shape index (κ2) is 5.52. The predicted molar refractivity (Wildman–Crippen MR) is 73.3 cm³/mol. The second-order valence-electron chi connectivity index (χ2n) is 4.37. The smallest absolute Gasteiger partial charge is 0.276 e. The Hall–Kier alpha value is -2.36. The summed E-state index contributed by atoms with van der Waals surface area (Å²) in [7, 11) is 0. The number of hydrogen-bond donors (Lipinski definition) is 0. The van der Waals surface area contributed by atoms with Gasteiger partial charge in [-0.05, 0) is 37.1 Å². The summed E-state index contributed by atoms with van der Waals surface area (Å²) in [6, 6.07) is 12.4. The second-order valence-corrected chi connectivity index (χ2v) is 4.37. The van der Waals surface area contributed by atoms with Gasteiger partial charge in [0.1, 0.15) is 12.4 Å². The third kappa shape index (κ3) is 2.91. The van der Waals surface area contributed by atoms with E-state index in [2.05, 4.69) is 0 Å². The van der Waals surface area contributed by atoms with Gasteiger partial charge in [-0.3, -0.25) is 10.1 Å². The Labute approximate surface area is 111 Å². The van der Waals surface area contributed by atoms with Crippen LogP contribution in [0, 0.1) is 24.0 Å². The molecule has 0 aromatic heterocycles. The van der Waals surface area contributed by atoms with Gasteiger partial charge in [0.2, 0.25) is 0 Å². The summed E-state index contributed by atoms with van der Waals surface area (Å²) in [6.07, 6.45) is 0. The van der Waals surface area contributed by atoms with E-state index >= 15 is 0 Å². The number of nitro benzene ring substituents is 1. The maximum absolute atomic E-state index is 10.9. The molecule has 0 saturated heterocycles. The summed E-state index contributed by atoms with van der Waals surface area (Å²) in [5.41, 5.74) is 2.86. The summed E-state index contributed by atoms with van der Waals surface area (Å²) in [5, 5.41) is 10.9. The summed E-state index contributed by atoms with van der Waals surface area (Å²) >= 11 is 0. The monoisotopic (exact) mass is 257 g/mol. The maximum atomic E-state index is 10.9. The molecule has 0 heterocycles. The van der Waals surface area contributed by atoms with E-state index in [0.717, 1.165) is 16.9 Å². The minimum Gasteiger partial charge on any atom is -0.488 e. The van der Waals surface area contributed by atoms with Crippen molar-refractivity contribution in [2.24, 2.45) is 0 Å². The first-order valence-electron chi connectivity index (χ1n) is 6.01. The fourth-order valence-electron chi connectivity index (χ4n) is 1.85. The fraction of sp³-hybridized carbons (Fsp3) is 0.200. The lowest BCUT2D eigenvalue weighted by atomic mass is 10.1. The number of para-hydroxylation sites is 1. The van der Waals surface area contributed by atoms with Crippen molar-refractivity contribution in [3.8, 4) is 5.75 Å². The number of benzene rings is 2. The number of nitro groups is 1. The molecule has 4 nitrogen and oxygen atoms in total. The third-order valence-electron chi connectivity index (χ3n) is 3.13. The normalized spacial score (nSPS) is 10.2. The third-order valence-corrected chi connectivity index (χ3v) is 3.13. The molecule has 19 heavy (non-hydrogen) atoms. The van der Waals surface area contributed by atoms with E-state index in [1.807, 2.05) is 32.0 Å². The Morgan fingerprint density at radius 3 is 2.58 bits per heavy atom. The Kier molecular flexibility index (Phi) is 3.80. The van der Waals surface area contributed by atoms with Crippen molar-refractivity contribution in [1.82, 2.24) is 0 Å². The molecule has 2 aromatic rings. The lowest BCUT2D eigenvalue weighted by molar-refractivity contribution is -0.385. The highest BCUT2D eigenvalue weighted by Gasteiger charge is 2.13. The van der Waals surface area contributed by atoms with Gasteiger partial charge in [-0.15, -0.1) is 0 Å². The lowest BCUT2D eigenvalue weighted by Gasteiger charge is -2.10. The van der Waals surface area contributed by atoms with Crippen molar-refractivity contribution in [3.05, 3.63) is 69.3 Å². The van der Waals surface area contributed by atoms with E-state index in [1.165, 1.54) is 6.07 Å². The number of hydrogen-bond acceptors (Lipinski definition) is 3. The van der Waals surface area contributed by atoms with Crippen LogP contribution in [0.15, 0.2) is 42.5 Å². The SMILES string of the molecule is Cc1cccc(OCc2ccccc2[N+](=O)[O-])c1C. The molecule has 0 aliphatic rings. The summed E-state index contributed by atoms with van der Waals surface area (Å²) in [5.74, 6) is 0.762. The van der Waals surface area contributed by atoms with Crippen molar-refractivity contribution in [3.63, 3.8) is 0 Å². The Morgan fingerprint density at radius 1 is 1.11 bits per heavy atom. The number of ether oxygens (including phenoxy) is 1. The first kappa shape index (κ1) is 13.1. The molecule has 0 N–H and O–H groups in total. The molecule has 0 aliphatic carbocycles. The topological polar surface area (TPSA) is 52.4 Å². The van der Waals surface area contributed by atoms with Crippen LogP contribution in [0.4, 0.5) is 5.69 Å². The van der Waals surface area contributed by atoms with Gasteiger partial charge >= 0.3 is 0 Å². The van der Waals surface area contributed by atoms with E-state index in [0.29, 0.717) is 5.56 Å². The fourth-order valence-corrected chi connectivity index (χ4v) is 1.85. The molecule has 0 spiro atoms. The van der Waals surface area contributed by atoms with Crippen molar-refractivity contribution in [2.45, 2.75) is 20.5 Å². The summed E-state index contributed by atoms with van der Waals surface area (Å²) in [6.45, 7) is 4.18. The van der Waals surface area contributed by atoms with Gasteiger partial charge in [0.15, 0.2) is 0 Å². The van der Waals surface area contributed by atoms with Crippen molar-refractivity contribution < 1.29 is 9.66 Å². The molecule has 0 amide bonds. The molecule has 2 aromatic carbocycles. The largest absolute Gasteiger partial charge is 0.488 e. The van der Waals surface area contributed by atoms with Crippen molar-refractivity contribution in [2.75, 3.05) is 0 Å². The number of rotatable bonds is 4. The van der Waals surface area contributed by atoms with Gasteiger partial charge in [0.25, 0.3) is 5.69 Å². The average molecular weight is 257 g/mol. The Bertz CT molecular complexity index is 608. The quantitative estimate of drug-likeness (QED) is 0.618. The van der Waals surface area contributed by atoms with E-state index < -0.39 is 0 Å². The van der Waals surface area contributed by atoms with Crippen LogP contribution in [0.25, 0.3) is 0 Å². The molecule has 0 bridgehead atoms. The summed E-state index contributed by atoms with van der Waals surface area (Å²) in [4.78, 5) is 10.5. The van der Waals surface area contributed by atoms with Crippen molar-refractivity contribution >= 4 is 5.69 Å². The molecule has 2 rings (SSSR count). The molecule has 0 fully saturated rings. The molecule has 98 valence electrons. The van der Waals surface area contributed by atoms with Crippen LogP contribution in [-0.4, -0.2) is 4.92 Å². The zero-order valence-corrected chi connectivity index (χ0v) is 10.9. The van der Waals surface area contributed by atoms with Crippen LogP contribution >= 0.6 is 0 Å². The van der Waals surface area contributed by atoms with Gasteiger partial charge in [-0.1, -0.05) is 24.3 Å². The first-order valence-corrected chi connectivity index (χ1v) is 6.01. The van der Waals surface area contributed by atoms with E-state index in [4.69, 9.17) is 4.74 Å². The standard InChI is InChI=1S/C15H15NO3/c1-11-6-5-9-15(12(11)2)19-10-13-7-3-4-8-14(13)16(17)18/h3-9H,10H2,1-2H3. The van der Waals surface area contributed by atoms with E-state index in [-0.39, 0.29) is 17.2 Å². The summed E-state index contributed by atoms with van der Waals surface area (Å²) < 4.78 is 5.69. The van der Waals surface area contributed by atoms with Crippen LogP contribution < -0.4 is 4.74 Å².